The molecule has 31 heavy (non-hydrogen) atoms. The summed E-state index contributed by atoms with van der Waals surface area (Å²) < 4.78 is 10.3. The van der Waals surface area contributed by atoms with Gasteiger partial charge in [0.1, 0.15) is 0 Å². The summed E-state index contributed by atoms with van der Waals surface area (Å²) in [6.07, 6.45) is 0.343. The van der Waals surface area contributed by atoms with Crippen LogP contribution in [-0.4, -0.2) is 34.5 Å². The number of H-pyrrole nitrogens is 1. The molecule has 2 aromatic heterocycles. The van der Waals surface area contributed by atoms with Crippen molar-refractivity contribution < 1.29 is 28.3 Å². The van der Waals surface area contributed by atoms with Crippen LogP contribution in [0.15, 0.2) is 47.1 Å². The number of Topliss-reactive ketones (excluding diaryl/α,β-unsaturated/α-hetero) is 2. The first-order valence-electron chi connectivity index (χ1n) is 9.59. The smallest absolute Gasteiger partial charge is 0.338 e. The van der Waals surface area contributed by atoms with E-state index in [0.717, 1.165) is 0 Å². The third-order valence-corrected chi connectivity index (χ3v) is 4.81. The van der Waals surface area contributed by atoms with Crippen LogP contribution in [0.3, 0.4) is 0 Å². The van der Waals surface area contributed by atoms with E-state index in [-0.39, 0.29) is 22.8 Å². The Balaban J connectivity index is 1.65. The first-order valence-corrected chi connectivity index (χ1v) is 9.59. The molecule has 2 N–H and O–H groups in total. The van der Waals surface area contributed by atoms with Gasteiger partial charge in [-0.15, -0.1) is 0 Å². The lowest BCUT2D eigenvalue weighted by Crippen LogP contribution is -2.25. The lowest BCUT2D eigenvalue weighted by atomic mass is 10.0. The molecule has 0 saturated heterocycles. The van der Waals surface area contributed by atoms with E-state index in [1.807, 2.05) is 0 Å². The standard InChI is InChI=1S/C23H22N2O6/c1-12-19(14(3)26)13(2)24-20(12)21(27)15(4)31-23(29)16-7-9-17(10-8-16)25-22(28)18-6-5-11-30-18/h5-11,15,24H,1-4H3,(H,25,28)/t15-/m1/s1. The Hall–Kier alpha value is -3.94. The second-order valence-corrected chi connectivity index (χ2v) is 7.10. The number of aryl methyl sites for hydroxylation is 1. The second-order valence-electron chi connectivity index (χ2n) is 7.10. The molecule has 0 spiro atoms. The fourth-order valence-corrected chi connectivity index (χ4v) is 3.30. The van der Waals surface area contributed by atoms with E-state index in [1.165, 1.54) is 38.3 Å². The minimum absolute atomic E-state index is 0.144. The van der Waals surface area contributed by atoms with Gasteiger partial charge in [-0.05, 0) is 69.7 Å². The third kappa shape index (κ3) is 4.63. The zero-order valence-corrected chi connectivity index (χ0v) is 17.6. The Morgan fingerprint density at radius 3 is 2.29 bits per heavy atom. The topological polar surface area (TPSA) is 118 Å². The number of amides is 1. The number of ether oxygens (including phenoxy) is 1. The zero-order chi connectivity index (χ0) is 22.7. The van der Waals surface area contributed by atoms with Crippen molar-refractivity contribution in [3.63, 3.8) is 0 Å². The first kappa shape index (κ1) is 21.8. The average Bonchev–Trinajstić information content (AvgIpc) is 3.36. The van der Waals surface area contributed by atoms with Gasteiger partial charge < -0.3 is 19.5 Å². The van der Waals surface area contributed by atoms with Crippen molar-refractivity contribution in [3.05, 3.63) is 76.5 Å². The monoisotopic (exact) mass is 422 g/mol. The molecule has 3 aromatic rings. The SMILES string of the molecule is CC(=O)c1c(C)[nH]c(C(=O)[C@@H](C)OC(=O)c2ccc(NC(=O)c3ccco3)cc2)c1C. The number of aromatic amines is 1. The number of carbonyl (C=O) groups is 4. The van der Waals surface area contributed by atoms with Crippen molar-refractivity contribution in [2.75, 3.05) is 5.32 Å². The van der Waals surface area contributed by atoms with E-state index < -0.39 is 23.8 Å². The van der Waals surface area contributed by atoms with Crippen LogP contribution >= 0.6 is 0 Å². The predicted molar refractivity (Wildman–Crippen MR) is 113 cm³/mol. The van der Waals surface area contributed by atoms with E-state index >= 15 is 0 Å². The van der Waals surface area contributed by atoms with Crippen LogP contribution < -0.4 is 5.32 Å². The summed E-state index contributed by atoms with van der Waals surface area (Å²) in [5.41, 5.74) is 2.54. The highest BCUT2D eigenvalue weighted by Crippen LogP contribution is 2.21. The van der Waals surface area contributed by atoms with Gasteiger partial charge in [-0.25, -0.2) is 4.79 Å². The molecule has 0 bridgehead atoms. The normalized spacial score (nSPS) is 11.6. The van der Waals surface area contributed by atoms with Crippen LogP contribution in [0.1, 0.15) is 66.9 Å². The fraction of sp³-hybridized carbons (Fsp3) is 0.217. The molecule has 0 radical (unpaired) electrons. The number of benzene rings is 1. The van der Waals surface area contributed by atoms with Crippen molar-refractivity contribution in [1.29, 1.82) is 0 Å². The zero-order valence-electron chi connectivity index (χ0n) is 17.6. The molecule has 1 atom stereocenters. The summed E-state index contributed by atoms with van der Waals surface area (Å²) in [7, 11) is 0. The fourth-order valence-electron chi connectivity index (χ4n) is 3.30. The lowest BCUT2D eigenvalue weighted by Gasteiger charge is -2.12. The molecular formula is C23H22N2O6. The number of anilines is 1. The van der Waals surface area contributed by atoms with Gasteiger partial charge >= 0.3 is 5.97 Å². The van der Waals surface area contributed by atoms with Crippen molar-refractivity contribution >= 4 is 29.1 Å². The van der Waals surface area contributed by atoms with Crippen molar-refractivity contribution in [2.24, 2.45) is 0 Å². The summed E-state index contributed by atoms with van der Waals surface area (Å²) in [6.45, 7) is 6.30. The number of esters is 1. The molecule has 0 aliphatic carbocycles. The van der Waals surface area contributed by atoms with Gasteiger partial charge in [-0.3, -0.25) is 14.4 Å². The van der Waals surface area contributed by atoms with E-state index in [0.29, 0.717) is 22.5 Å². The maximum Gasteiger partial charge on any atom is 0.338 e. The van der Waals surface area contributed by atoms with Gasteiger partial charge in [0.25, 0.3) is 5.91 Å². The number of hydrogen-bond donors (Lipinski definition) is 2. The minimum Gasteiger partial charge on any atom is -0.459 e. The highest BCUT2D eigenvalue weighted by Gasteiger charge is 2.26. The highest BCUT2D eigenvalue weighted by molar-refractivity contribution is 6.06. The average molecular weight is 422 g/mol. The second kappa shape index (κ2) is 8.83. The van der Waals surface area contributed by atoms with E-state index in [1.54, 1.807) is 32.0 Å². The van der Waals surface area contributed by atoms with Crippen LogP contribution in [0.2, 0.25) is 0 Å². The van der Waals surface area contributed by atoms with Crippen LogP contribution in [0.5, 0.6) is 0 Å². The molecule has 0 unspecified atom stereocenters. The van der Waals surface area contributed by atoms with Crippen molar-refractivity contribution in [1.82, 2.24) is 4.98 Å². The Kier molecular flexibility index (Phi) is 6.20. The molecule has 0 fully saturated rings. The van der Waals surface area contributed by atoms with Gasteiger partial charge in [-0.2, -0.15) is 0 Å². The quantitative estimate of drug-likeness (QED) is 0.437. The Morgan fingerprint density at radius 2 is 1.74 bits per heavy atom. The van der Waals surface area contributed by atoms with Crippen LogP contribution in [0.4, 0.5) is 5.69 Å². The van der Waals surface area contributed by atoms with Gasteiger partial charge in [0.2, 0.25) is 5.78 Å². The van der Waals surface area contributed by atoms with Crippen LogP contribution in [0.25, 0.3) is 0 Å². The molecule has 8 heteroatoms. The van der Waals surface area contributed by atoms with E-state index in [2.05, 4.69) is 10.3 Å². The Labute approximate surface area is 178 Å². The summed E-state index contributed by atoms with van der Waals surface area (Å²) in [4.78, 5) is 51.8. The first-order chi connectivity index (χ1) is 14.7. The largest absolute Gasteiger partial charge is 0.459 e. The molecule has 160 valence electrons. The van der Waals surface area contributed by atoms with Crippen molar-refractivity contribution in [2.45, 2.75) is 33.8 Å². The number of hydrogen-bond acceptors (Lipinski definition) is 6. The van der Waals surface area contributed by atoms with Gasteiger partial charge in [0.05, 0.1) is 17.5 Å². The lowest BCUT2D eigenvalue weighted by molar-refractivity contribution is 0.0317. The summed E-state index contributed by atoms with van der Waals surface area (Å²) >= 11 is 0. The minimum atomic E-state index is -1.05. The number of aromatic nitrogens is 1. The van der Waals surface area contributed by atoms with Gasteiger partial charge in [-0.1, -0.05) is 0 Å². The van der Waals surface area contributed by atoms with Crippen LogP contribution in [0, 0.1) is 13.8 Å². The van der Waals surface area contributed by atoms with Gasteiger partial charge in [0.15, 0.2) is 17.6 Å². The molecule has 3 rings (SSSR count). The molecule has 2 heterocycles. The maximum absolute atomic E-state index is 12.7. The van der Waals surface area contributed by atoms with E-state index in [4.69, 9.17) is 9.15 Å². The van der Waals surface area contributed by atoms with Gasteiger partial charge in [0, 0.05) is 16.9 Å². The summed E-state index contributed by atoms with van der Waals surface area (Å²) in [6, 6.07) is 9.19. The highest BCUT2D eigenvalue weighted by atomic mass is 16.5. The molecule has 1 amide bonds. The van der Waals surface area contributed by atoms with Crippen LogP contribution in [-0.2, 0) is 4.74 Å². The number of furan rings is 1. The Morgan fingerprint density at radius 1 is 1.06 bits per heavy atom. The molecule has 8 nitrogen and oxygen atoms in total. The molecule has 0 aliphatic heterocycles. The number of ketones is 2. The maximum atomic E-state index is 12.7. The number of carbonyl (C=O) groups excluding carboxylic acids is 4. The number of rotatable bonds is 7. The molecular weight excluding hydrogens is 400 g/mol. The molecule has 1 aromatic carbocycles. The Bertz CT molecular complexity index is 1140. The summed E-state index contributed by atoms with van der Waals surface area (Å²) in [5.74, 6) is -1.50. The number of nitrogens with one attached hydrogen (secondary N) is 2. The summed E-state index contributed by atoms with van der Waals surface area (Å²) in [5, 5.41) is 2.64. The molecule has 0 aliphatic rings. The predicted octanol–water partition coefficient (Wildman–Crippen LogP) is 4.11. The van der Waals surface area contributed by atoms with E-state index in [9.17, 15) is 19.2 Å². The molecule has 0 saturated carbocycles. The third-order valence-electron chi connectivity index (χ3n) is 4.81. The van der Waals surface area contributed by atoms with Crippen molar-refractivity contribution in [3.8, 4) is 0 Å².